The maximum absolute atomic E-state index is 12.3. The lowest BCUT2D eigenvalue weighted by molar-refractivity contribution is 0.103. The third-order valence-electron chi connectivity index (χ3n) is 3.17. The molecule has 0 saturated carbocycles. The molecule has 1 heterocycles. The number of anilines is 3. The van der Waals surface area contributed by atoms with Crippen molar-refractivity contribution < 1.29 is 4.79 Å². The second-order valence-electron chi connectivity index (χ2n) is 4.59. The van der Waals surface area contributed by atoms with Crippen LogP contribution in [0.1, 0.15) is 22.2 Å². The van der Waals surface area contributed by atoms with E-state index < -0.39 is 0 Å². The van der Waals surface area contributed by atoms with Crippen molar-refractivity contribution in [2.45, 2.75) is 13.8 Å². The third kappa shape index (κ3) is 3.28. The van der Waals surface area contributed by atoms with Gasteiger partial charge in [-0.25, -0.2) is 4.98 Å². The fraction of sp³-hybridized carbons (Fsp3) is 0.286. The van der Waals surface area contributed by atoms with Crippen LogP contribution in [0.3, 0.4) is 0 Å². The predicted molar refractivity (Wildman–Crippen MR) is 89.6 cm³/mol. The number of hydrogen-bond acceptors (Lipinski definition) is 5. The Bertz CT molecular complexity index is 671. The largest absolute Gasteiger partial charge is 0.382 e. The topological polar surface area (TPSA) is 71.2 Å². The fourth-order valence-corrected chi connectivity index (χ4v) is 2.78. The van der Waals surface area contributed by atoms with Gasteiger partial charge < -0.3 is 16.0 Å². The van der Waals surface area contributed by atoms with Crippen LogP contribution < -0.4 is 16.0 Å². The molecule has 0 atom stereocenters. The van der Waals surface area contributed by atoms with Crippen molar-refractivity contribution in [2.24, 2.45) is 0 Å². The molecule has 0 aliphatic rings. The van der Waals surface area contributed by atoms with Crippen molar-refractivity contribution in [1.29, 1.82) is 0 Å². The summed E-state index contributed by atoms with van der Waals surface area (Å²) in [5.74, 6) is -0.0291. The Labute approximate surface area is 132 Å². The van der Waals surface area contributed by atoms with Crippen LogP contribution in [0.15, 0.2) is 18.2 Å². The number of nitrogen functional groups attached to an aromatic ring is 1. The van der Waals surface area contributed by atoms with Gasteiger partial charge in [-0.05, 0) is 31.5 Å². The molecule has 7 heteroatoms. The van der Waals surface area contributed by atoms with Crippen molar-refractivity contribution in [3.8, 4) is 0 Å². The molecule has 0 bridgehead atoms. The van der Waals surface area contributed by atoms with Crippen LogP contribution in [0.25, 0.3) is 0 Å². The van der Waals surface area contributed by atoms with E-state index in [1.807, 2.05) is 25.8 Å². The van der Waals surface area contributed by atoms with Gasteiger partial charge in [0.05, 0.1) is 0 Å². The summed E-state index contributed by atoms with van der Waals surface area (Å²) < 4.78 is 0. The SMILES string of the molecule is CCN(C)c1nc(N)c(C(=O)Nc2cccc(Cl)c2C)s1. The van der Waals surface area contributed by atoms with Gasteiger partial charge >= 0.3 is 0 Å². The van der Waals surface area contributed by atoms with Crippen molar-refractivity contribution in [1.82, 2.24) is 4.98 Å². The van der Waals surface area contributed by atoms with Gasteiger partial charge in [-0.15, -0.1) is 0 Å². The second-order valence-corrected chi connectivity index (χ2v) is 5.98. The summed E-state index contributed by atoms with van der Waals surface area (Å²) in [5.41, 5.74) is 7.33. The molecule has 0 unspecified atom stereocenters. The summed E-state index contributed by atoms with van der Waals surface area (Å²) in [6.07, 6.45) is 0. The van der Waals surface area contributed by atoms with E-state index in [1.54, 1.807) is 18.2 Å². The second kappa shape index (κ2) is 6.32. The van der Waals surface area contributed by atoms with Crippen LogP contribution in [0.4, 0.5) is 16.6 Å². The number of rotatable bonds is 4. The quantitative estimate of drug-likeness (QED) is 0.904. The Morgan fingerprint density at radius 1 is 1.52 bits per heavy atom. The first-order valence-corrected chi connectivity index (χ1v) is 7.67. The molecule has 2 aromatic rings. The van der Waals surface area contributed by atoms with Crippen LogP contribution in [-0.2, 0) is 0 Å². The smallest absolute Gasteiger partial charge is 0.269 e. The lowest BCUT2D eigenvalue weighted by Crippen LogP contribution is -2.15. The number of carbonyl (C=O) groups excluding carboxylic acids is 1. The normalized spacial score (nSPS) is 10.5. The molecular weight excluding hydrogens is 308 g/mol. The minimum absolute atomic E-state index is 0.243. The zero-order valence-corrected chi connectivity index (χ0v) is 13.7. The molecule has 21 heavy (non-hydrogen) atoms. The number of hydrogen-bond donors (Lipinski definition) is 2. The minimum Gasteiger partial charge on any atom is -0.382 e. The molecular formula is C14H17ClN4OS. The van der Waals surface area contributed by atoms with E-state index in [9.17, 15) is 4.79 Å². The highest BCUT2D eigenvalue weighted by Gasteiger charge is 2.18. The number of amides is 1. The van der Waals surface area contributed by atoms with Gasteiger partial charge in [0.1, 0.15) is 10.7 Å². The predicted octanol–water partition coefficient (Wildman–Crippen LogP) is 3.40. The van der Waals surface area contributed by atoms with Crippen molar-refractivity contribution in [2.75, 3.05) is 29.5 Å². The maximum atomic E-state index is 12.3. The molecule has 0 spiro atoms. The lowest BCUT2D eigenvalue weighted by atomic mass is 10.2. The summed E-state index contributed by atoms with van der Waals surface area (Å²) >= 11 is 7.32. The molecule has 2 rings (SSSR count). The van der Waals surface area contributed by atoms with Crippen LogP contribution >= 0.6 is 22.9 Å². The lowest BCUT2D eigenvalue weighted by Gasteiger charge is -2.11. The molecule has 1 aromatic heterocycles. The number of nitrogens with one attached hydrogen (secondary N) is 1. The summed E-state index contributed by atoms with van der Waals surface area (Å²) in [6.45, 7) is 4.65. The average molecular weight is 325 g/mol. The van der Waals surface area contributed by atoms with Gasteiger partial charge in [-0.3, -0.25) is 4.79 Å². The first-order chi connectivity index (χ1) is 9.93. The third-order valence-corrected chi connectivity index (χ3v) is 4.76. The van der Waals surface area contributed by atoms with E-state index in [4.69, 9.17) is 17.3 Å². The molecule has 0 saturated heterocycles. The number of halogens is 1. The van der Waals surface area contributed by atoms with E-state index >= 15 is 0 Å². The van der Waals surface area contributed by atoms with Gasteiger partial charge in [0, 0.05) is 24.3 Å². The summed E-state index contributed by atoms with van der Waals surface area (Å²) in [6, 6.07) is 5.37. The van der Waals surface area contributed by atoms with E-state index in [2.05, 4.69) is 10.3 Å². The highest BCUT2D eigenvalue weighted by atomic mass is 35.5. The molecule has 112 valence electrons. The van der Waals surface area contributed by atoms with E-state index in [0.717, 1.165) is 17.2 Å². The molecule has 3 N–H and O–H groups in total. The molecule has 1 aromatic carbocycles. The number of aromatic nitrogens is 1. The monoisotopic (exact) mass is 324 g/mol. The van der Waals surface area contributed by atoms with E-state index in [1.165, 1.54) is 11.3 Å². The zero-order valence-electron chi connectivity index (χ0n) is 12.1. The first-order valence-electron chi connectivity index (χ1n) is 6.48. The van der Waals surface area contributed by atoms with Gasteiger partial charge in [0.2, 0.25) is 0 Å². The van der Waals surface area contributed by atoms with Gasteiger partial charge in [-0.1, -0.05) is 29.0 Å². The summed E-state index contributed by atoms with van der Waals surface area (Å²) in [4.78, 5) is 18.9. The van der Waals surface area contributed by atoms with Crippen molar-refractivity contribution in [3.05, 3.63) is 33.7 Å². The number of benzene rings is 1. The molecule has 1 amide bonds. The Hall–Kier alpha value is -1.79. The average Bonchev–Trinajstić information content (AvgIpc) is 2.85. The Balaban J connectivity index is 2.25. The highest BCUT2D eigenvalue weighted by molar-refractivity contribution is 7.18. The van der Waals surface area contributed by atoms with E-state index in [-0.39, 0.29) is 11.7 Å². The Morgan fingerprint density at radius 2 is 2.24 bits per heavy atom. The first kappa shape index (κ1) is 15.6. The molecule has 0 radical (unpaired) electrons. The maximum Gasteiger partial charge on any atom is 0.269 e. The van der Waals surface area contributed by atoms with Crippen molar-refractivity contribution in [3.63, 3.8) is 0 Å². The zero-order chi connectivity index (χ0) is 15.6. The molecule has 0 aliphatic carbocycles. The Kier molecular flexibility index (Phi) is 4.69. The summed E-state index contributed by atoms with van der Waals surface area (Å²) in [5, 5.41) is 4.16. The van der Waals surface area contributed by atoms with E-state index in [0.29, 0.717) is 15.6 Å². The van der Waals surface area contributed by atoms with Gasteiger partial charge in [-0.2, -0.15) is 0 Å². The standard InChI is InChI=1S/C14H17ClN4OS/c1-4-19(3)14-18-12(16)11(21-14)13(20)17-10-7-5-6-9(15)8(10)2/h5-7H,4,16H2,1-3H3,(H,17,20). The van der Waals surface area contributed by atoms with Gasteiger partial charge in [0.15, 0.2) is 5.13 Å². The number of thiazole rings is 1. The van der Waals surface area contributed by atoms with Crippen LogP contribution in [0.2, 0.25) is 5.02 Å². The minimum atomic E-state index is -0.272. The fourth-order valence-electron chi connectivity index (χ4n) is 1.70. The van der Waals surface area contributed by atoms with Crippen LogP contribution in [-0.4, -0.2) is 24.5 Å². The molecule has 0 aliphatic heterocycles. The van der Waals surface area contributed by atoms with Crippen LogP contribution in [0, 0.1) is 6.92 Å². The molecule has 0 fully saturated rings. The number of nitrogens with two attached hydrogens (primary N) is 1. The number of nitrogens with zero attached hydrogens (tertiary/aromatic N) is 2. The van der Waals surface area contributed by atoms with Crippen LogP contribution in [0.5, 0.6) is 0 Å². The summed E-state index contributed by atoms with van der Waals surface area (Å²) in [7, 11) is 1.90. The van der Waals surface area contributed by atoms with Gasteiger partial charge in [0.25, 0.3) is 5.91 Å². The highest BCUT2D eigenvalue weighted by Crippen LogP contribution is 2.29. The van der Waals surface area contributed by atoms with Crippen molar-refractivity contribution >= 4 is 45.5 Å². The number of carbonyl (C=O) groups is 1. The molecule has 5 nitrogen and oxygen atoms in total. The Morgan fingerprint density at radius 3 is 2.90 bits per heavy atom.